The van der Waals surface area contributed by atoms with Gasteiger partial charge >= 0.3 is 6.82 Å². The van der Waals surface area contributed by atoms with Crippen molar-refractivity contribution < 1.29 is 9.31 Å². The van der Waals surface area contributed by atoms with Crippen molar-refractivity contribution >= 4 is 50.9 Å². The smallest absolute Gasteiger partial charge is 0.601 e. The molecule has 4 bridgehead atoms. The van der Waals surface area contributed by atoms with Crippen LogP contribution in [0.2, 0.25) is 0 Å². The quantitative estimate of drug-likeness (QED) is 0.319. The highest BCUT2D eigenvalue weighted by Gasteiger charge is 2.58. The van der Waals surface area contributed by atoms with Crippen molar-refractivity contribution in [3.63, 3.8) is 0 Å². The molecule has 8 rings (SSSR count). The summed E-state index contributed by atoms with van der Waals surface area (Å²) in [6, 6.07) is 24.0. The fourth-order valence-corrected chi connectivity index (χ4v) is 6.84. The molecule has 2 aliphatic heterocycles. The Morgan fingerprint density at radius 1 is 0.857 bits per heavy atom. The van der Waals surface area contributed by atoms with Gasteiger partial charge in [0.2, 0.25) is 0 Å². The van der Waals surface area contributed by atoms with Crippen LogP contribution in [0.25, 0.3) is 38.4 Å². The summed E-state index contributed by atoms with van der Waals surface area (Å²) in [6.07, 6.45) is 5.43. The molecule has 0 radical (unpaired) electrons. The number of anilines is 1. The van der Waals surface area contributed by atoms with Crippen molar-refractivity contribution in [3.05, 3.63) is 89.3 Å². The molecule has 170 valence electrons. The third-order valence-electron chi connectivity index (χ3n) is 8.22. The first-order chi connectivity index (χ1) is 17.2. The molecular formula is C30H25BN2O2. The first-order valence-corrected chi connectivity index (χ1v) is 12.7. The van der Waals surface area contributed by atoms with Crippen LogP contribution in [0.15, 0.2) is 72.8 Å². The zero-order valence-corrected chi connectivity index (χ0v) is 19.9. The Morgan fingerprint density at radius 2 is 1.57 bits per heavy atom. The van der Waals surface area contributed by atoms with Gasteiger partial charge in [0, 0.05) is 33.3 Å². The largest absolute Gasteiger partial charge is 0.770 e. The fraction of sp³-hybridized carbons (Fsp3) is 0.167. The summed E-state index contributed by atoms with van der Waals surface area (Å²) in [4.78, 5) is 2.38. The number of hydrogen-bond acceptors (Lipinski definition) is 3. The molecule has 5 aromatic rings. The predicted octanol–water partition coefficient (Wildman–Crippen LogP) is 5.69. The Balaban J connectivity index is 1.50. The van der Waals surface area contributed by atoms with Crippen LogP contribution in [0.1, 0.15) is 25.0 Å². The number of fused-ring (bicyclic) bond motifs is 8. The molecule has 5 heteroatoms. The monoisotopic (exact) mass is 456 g/mol. The highest BCUT2D eigenvalue weighted by atomic mass is 16.6. The van der Waals surface area contributed by atoms with E-state index in [0.29, 0.717) is 0 Å². The van der Waals surface area contributed by atoms with Gasteiger partial charge in [0.1, 0.15) is 0 Å². The Bertz CT molecular complexity index is 1820. The van der Waals surface area contributed by atoms with E-state index in [1.54, 1.807) is 0 Å². The minimum atomic E-state index is -2.00. The predicted molar refractivity (Wildman–Crippen MR) is 145 cm³/mol. The second-order valence-electron chi connectivity index (χ2n) is 9.79. The van der Waals surface area contributed by atoms with Crippen molar-refractivity contribution in [2.75, 3.05) is 17.9 Å². The lowest BCUT2D eigenvalue weighted by Crippen LogP contribution is -2.77. The van der Waals surface area contributed by atoms with Crippen molar-refractivity contribution in [1.82, 2.24) is 4.49 Å². The molecule has 35 heavy (non-hydrogen) atoms. The molecule has 0 saturated carbocycles. The summed E-state index contributed by atoms with van der Waals surface area (Å²) in [7, 11) is 0. The minimum Gasteiger partial charge on any atom is -0.601 e. The molecule has 0 amide bonds. The number of nitrogens with zero attached hydrogens (tertiary/aromatic N) is 2. The highest BCUT2D eigenvalue weighted by molar-refractivity contribution is 6.72. The van der Waals surface area contributed by atoms with Gasteiger partial charge in [0.05, 0.1) is 18.0 Å². The van der Waals surface area contributed by atoms with E-state index in [9.17, 15) is 0 Å². The molecule has 1 aliphatic carbocycles. The average molecular weight is 456 g/mol. The zero-order chi connectivity index (χ0) is 23.3. The maximum absolute atomic E-state index is 7.07. The van der Waals surface area contributed by atoms with E-state index in [0.717, 1.165) is 36.4 Å². The second kappa shape index (κ2) is 6.57. The lowest BCUT2D eigenvalue weighted by atomic mass is 9.76. The standard InChI is InChI=1S/C30H25BN2O2/c1-3-32-25-17-27(23-15-7-11-19-9-5-13-21(25)29(19)23)34-31(32)33(4-2)26-18-28(35-31)24-16-8-12-20-10-6-14-22(26)30(20)24/h5-13,15-18H,3-4,14H2,1-2H3. The van der Waals surface area contributed by atoms with Gasteiger partial charge in [0.15, 0.2) is 5.36 Å². The minimum absolute atomic E-state index is 0.775. The molecule has 0 aromatic heterocycles. The van der Waals surface area contributed by atoms with Crippen LogP contribution in [0.4, 0.5) is 5.69 Å². The molecule has 4 nitrogen and oxygen atoms in total. The van der Waals surface area contributed by atoms with E-state index in [-0.39, 0.29) is 0 Å². The van der Waals surface area contributed by atoms with Gasteiger partial charge in [-0.1, -0.05) is 67.6 Å². The molecule has 2 heterocycles. The average Bonchev–Trinajstić information content (AvgIpc) is 2.90. The van der Waals surface area contributed by atoms with Crippen LogP contribution in [0.3, 0.4) is 0 Å². The lowest BCUT2D eigenvalue weighted by Gasteiger charge is -2.51. The van der Waals surface area contributed by atoms with Gasteiger partial charge in [-0.15, -0.1) is 0 Å². The topological polar surface area (TPSA) is 24.7 Å². The maximum Gasteiger partial charge on any atom is 0.770 e. The van der Waals surface area contributed by atoms with Crippen molar-refractivity contribution in [1.29, 1.82) is 0 Å². The van der Waals surface area contributed by atoms with Crippen LogP contribution in [-0.4, -0.2) is 19.9 Å². The first kappa shape index (κ1) is 19.3. The third-order valence-corrected chi connectivity index (χ3v) is 8.22. The van der Waals surface area contributed by atoms with E-state index >= 15 is 0 Å². The SMILES string of the molecule is CCN1c2cc(c3cccc4c3c2CC=C4)O[B-]12Oc1cc(c3cccc4cccc1c43)=[N+]2CC. The first-order valence-electron chi connectivity index (χ1n) is 12.7. The van der Waals surface area contributed by atoms with E-state index < -0.39 is 6.82 Å². The number of hydrogen-bond donors (Lipinski definition) is 0. The second-order valence-corrected chi connectivity index (χ2v) is 9.79. The molecular weight excluding hydrogens is 431 g/mol. The van der Waals surface area contributed by atoms with Crippen LogP contribution >= 0.6 is 0 Å². The van der Waals surface area contributed by atoms with Crippen molar-refractivity contribution in [2.24, 2.45) is 0 Å². The number of benzene rings is 5. The molecule has 0 saturated heterocycles. The molecule has 0 fully saturated rings. The zero-order valence-electron chi connectivity index (χ0n) is 19.9. The Labute approximate surface area is 203 Å². The lowest BCUT2D eigenvalue weighted by molar-refractivity contribution is 0.331. The van der Waals surface area contributed by atoms with Crippen molar-refractivity contribution in [3.8, 4) is 11.5 Å². The number of rotatable bonds is 2. The van der Waals surface area contributed by atoms with Gasteiger partial charge in [0.25, 0.3) is 0 Å². The Hall–Kier alpha value is -3.99. The summed E-state index contributed by atoms with van der Waals surface area (Å²) in [5.74, 6) is 1.81. The molecule has 5 aromatic carbocycles. The van der Waals surface area contributed by atoms with E-state index in [1.807, 2.05) is 0 Å². The molecule has 1 spiro atoms. The van der Waals surface area contributed by atoms with Crippen molar-refractivity contribution in [2.45, 2.75) is 20.3 Å². The van der Waals surface area contributed by atoms with E-state index in [4.69, 9.17) is 9.31 Å². The third kappa shape index (κ3) is 2.26. The summed E-state index contributed by atoms with van der Waals surface area (Å²) in [5, 5.41) is 8.55. The highest BCUT2D eigenvalue weighted by Crippen LogP contribution is 2.47. The van der Waals surface area contributed by atoms with Gasteiger partial charge in [-0.05, 0) is 53.9 Å². The maximum atomic E-state index is 7.07. The van der Waals surface area contributed by atoms with Gasteiger partial charge in [-0.2, -0.15) is 0 Å². The van der Waals surface area contributed by atoms with Crippen LogP contribution in [0, 0.1) is 0 Å². The van der Waals surface area contributed by atoms with E-state index in [1.165, 1.54) is 49.1 Å². The molecule has 0 N–H and O–H groups in total. The molecule has 3 aliphatic rings. The summed E-state index contributed by atoms with van der Waals surface area (Å²) in [6.45, 7) is 3.96. The summed E-state index contributed by atoms with van der Waals surface area (Å²) in [5.41, 5.74) is 3.86. The summed E-state index contributed by atoms with van der Waals surface area (Å²) < 4.78 is 16.5. The Kier molecular flexibility index (Phi) is 3.63. The normalized spacial score (nSPS) is 19.6. The van der Waals surface area contributed by atoms with Crippen LogP contribution in [-0.2, 0) is 6.42 Å². The summed E-state index contributed by atoms with van der Waals surface area (Å²) >= 11 is 0. The Morgan fingerprint density at radius 3 is 2.34 bits per heavy atom. The number of allylic oxidation sites excluding steroid dienone is 1. The molecule has 1 atom stereocenters. The van der Waals surface area contributed by atoms with Gasteiger partial charge in [-0.25, -0.2) is 0 Å². The van der Waals surface area contributed by atoms with Crippen LogP contribution in [0.5, 0.6) is 11.5 Å². The van der Waals surface area contributed by atoms with Crippen LogP contribution < -0.4 is 24.0 Å². The van der Waals surface area contributed by atoms with E-state index in [2.05, 4.69) is 102 Å². The fourth-order valence-electron chi connectivity index (χ4n) is 6.84. The van der Waals surface area contributed by atoms with Gasteiger partial charge < -0.3 is 18.6 Å². The molecule has 1 unspecified atom stereocenters. The van der Waals surface area contributed by atoms with Gasteiger partial charge in [-0.3, -0.25) is 0 Å².